The molecule has 26 heavy (non-hydrogen) atoms. The van der Waals surface area contributed by atoms with Gasteiger partial charge in [-0.3, -0.25) is 24.5 Å². The molecular formula is C17H15N3O6. The van der Waals surface area contributed by atoms with Crippen LogP contribution in [0.1, 0.15) is 17.3 Å². The number of nitro benzene ring substituents is 1. The Hall–Kier alpha value is -3.75. The van der Waals surface area contributed by atoms with Crippen molar-refractivity contribution in [3.05, 3.63) is 58.1 Å². The lowest BCUT2D eigenvalue weighted by Gasteiger charge is -2.09. The van der Waals surface area contributed by atoms with Gasteiger partial charge in [0.1, 0.15) is 5.75 Å². The first kappa shape index (κ1) is 18.6. The minimum Gasteiger partial charge on any atom is -0.483 e. The van der Waals surface area contributed by atoms with E-state index in [2.05, 4.69) is 10.6 Å². The van der Waals surface area contributed by atoms with Gasteiger partial charge in [0.25, 0.3) is 11.6 Å². The van der Waals surface area contributed by atoms with Gasteiger partial charge in [0, 0.05) is 30.4 Å². The molecule has 9 nitrogen and oxygen atoms in total. The SMILES string of the molecule is CC(=O)Nc1ccc(NC(=O)COc2ccc([N+](=O)[O-])cc2C=O)cc1. The maximum Gasteiger partial charge on any atom is 0.270 e. The van der Waals surface area contributed by atoms with Gasteiger partial charge in [0.15, 0.2) is 12.9 Å². The second kappa shape index (κ2) is 8.38. The standard InChI is InChI=1S/C17H15N3O6/c1-11(22)18-13-2-4-14(5-3-13)19-17(23)10-26-16-7-6-15(20(24)25)8-12(16)9-21/h2-9H,10H2,1H3,(H,18,22)(H,19,23). The average molecular weight is 357 g/mol. The van der Waals surface area contributed by atoms with Crippen LogP contribution in [-0.4, -0.2) is 29.6 Å². The van der Waals surface area contributed by atoms with Crippen molar-refractivity contribution in [2.45, 2.75) is 6.92 Å². The van der Waals surface area contributed by atoms with E-state index in [0.29, 0.717) is 17.7 Å². The van der Waals surface area contributed by atoms with Gasteiger partial charge in [-0.2, -0.15) is 0 Å². The van der Waals surface area contributed by atoms with E-state index >= 15 is 0 Å². The van der Waals surface area contributed by atoms with Crippen molar-refractivity contribution < 1.29 is 24.0 Å². The van der Waals surface area contributed by atoms with E-state index in [-0.39, 0.29) is 29.5 Å². The Bertz CT molecular complexity index is 848. The molecule has 0 unspecified atom stereocenters. The molecule has 134 valence electrons. The van der Waals surface area contributed by atoms with Gasteiger partial charge in [-0.25, -0.2) is 0 Å². The molecule has 2 rings (SSSR count). The lowest BCUT2D eigenvalue weighted by atomic mass is 10.2. The summed E-state index contributed by atoms with van der Waals surface area (Å²) in [6, 6.07) is 9.97. The molecule has 0 aliphatic rings. The summed E-state index contributed by atoms with van der Waals surface area (Å²) in [5, 5.41) is 15.9. The molecule has 0 aliphatic carbocycles. The molecule has 0 spiro atoms. The zero-order chi connectivity index (χ0) is 19.1. The number of carbonyl (C=O) groups excluding carboxylic acids is 3. The van der Waals surface area contributed by atoms with Crippen molar-refractivity contribution in [1.29, 1.82) is 0 Å². The molecule has 2 aromatic carbocycles. The summed E-state index contributed by atoms with van der Waals surface area (Å²) in [7, 11) is 0. The van der Waals surface area contributed by atoms with Crippen LogP contribution in [0.15, 0.2) is 42.5 Å². The first-order valence-corrected chi connectivity index (χ1v) is 7.43. The van der Waals surface area contributed by atoms with Crippen LogP contribution >= 0.6 is 0 Å². The van der Waals surface area contributed by atoms with Crippen molar-refractivity contribution in [3.8, 4) is 5.75 Å². The number of anilines is 2. The molecule has 0 aliphatic heterocycles. The Kier molecular flexibility index (Phi) is 5.99. The van der Waals surface area contributed by atoms with Gasteiger partial charge in [0.05, 0.1) is 10.5 Å². The predicted octanol–water partition coefficient (Wildman–Crippen LogP) is 2.38. The fraction of sp³-hybridized carbons (Fsp3) is 0.118. The number of hydrogen-bond acceptors (Lipinski definition) is 6. The summed E-state index contributed by atoms with van der Waals surface area (Å²) < 4.78 is 5.25. The summed E-state index contributed by atoms with van der Waals surface area (Å²) in [6.45, 7) is 1.00. The molecule has 9 heteroatoms. The topological polar surface area (TPSA) is 128 Å². The van der Waals surface area contributed by atoms with E-state index in [0.717, 1.165) is 6.07 Å². The van der Waals surface area contributed by atoms with Crippen LogP contribution in [0.4, 0.5) is 17.1 Å². The van der Waals surface area contributed by atoms with Crippen LogP contribution < -0.4 is 15.4 Å². The fourth-order valence-corrected chi connectivity index (χ4v) is 2.05. The highest BCUT2D eigenvalue weighted by molar-refractivity contribution is 5.93. The molecule has 0 bridgehead atoms. The van der Waals surface area contributed by atoms with Crippen molar-refractivity contribution in [1.82, 2.24) is 0 Å². The van der Waals surface area contributed by atoms with Crippen LogP contribution in [0.5, 0.6) is 5.75 Å². The molecule has 0 saturated heterocycles. The number of ether oxygens (including phenoxy) is 1. The van der Waals surface area contributed by atoms with Crippen LogP contribution in [0.2, 0.25) is 0 Å². The Morgan fingerprint density at radius 3 is 2.27 bits per heavy atom. The average Bonchev–Trinajstić information content (AvgIpc) is 2.61. The quantitative estimate of drug-likeness (QED) is 0.445. The van der Waals surface area contributed by atoms with E-state index in [4.69, 9.17) is 4.74 Å². The minimum atomic E-state index is -0.631. The van der Waals surface area contributed by atoms with E-state index in [1.165, 1.54) is 19.1 Å². The molecule has 2 N–H and O–H groups in total. The number of carbonyl (C=O) groups is 3. The minimum absolute atomic E-state index is 0.0216. The molecule has 0 saturated carbocycles. The predicted molar refractivity (Wildman–Crippen MR) is 93.4 cm³/mol. The fourth-order valence-electron chi connectivity index (χ4n) is 2.05. The highest BCUT2D eigenvalue weighted by Gasteiger charge is 2.12. The van der Waals surface area contributed by atoms with Crippen LogP contribution in [0.3, 0.4) is 0 Å². The van der Waals surface area contributed by atoms with Gasteiger partial charge in [-0.1, -0.05) is 0 Å². The maximum absolute atomic E-state index is 11.9. The Morgan fingerprint density at radius 2 is 1.73 bits per heavy atom. The summed E-state index contributed by atoms with van der Waals surface area (Å²) in [4.78, 5) is 43.9. The number of amides is 2. The number of non-ortho nitro benzene ring substituents is 1. The summed E-state index contributed by atoms with van der Waals surface area (Å²) in [6.07, 6.45) is 0.418. The number of aldehydes is 1. The van der Waals surface area contributed by atoms with E-state index in [1.807, 2.05) is 0 Å². The second-order valence-corrected chi connectivity index (χ2v) is 5.19. The van der Waals surface area contributed by atoms with Gasteiger partial charge in [-0.05, 0) is 30.3 Å². The van der Waals surface area contributed by atoms with Gasteiger partial charge in [0.2, 0.25) is 5.91 Å². The number of benzene rings is 2. The smallest absolute Gasteiger partial charge is 0.270 e. The molecule has 0 fully saturated rings. The summed E-state index contributed by atoms with van der Waals surface area (Å²) in [5.41, 5.74) is 0.815. The molecule has 0 heterocycles. The Morgan fingerprint density at radius 1 is 1.12 bits per heavy atom. The number of hydrogen-bond donors (Lipinski definition) is 2. The Labute approximate surface area is 148 Å². The van der Waals surface area contributed by atoms with E-state index in [1.54, 1.807) is 24.3 Å². The largest absolute Gasteiger partial charge is 0.483 e. The second-order valence-electron chi connectivity index (χ2n) is 5.19. The van der Waals surface area contributed by atoms with E-state index < -0.39 is 10.8 Å². The third-order valence-electron chi connectivity index (χ3n) is 3.18. The van der Waals surface area contributed by atoms with Gasteiger partial charge < -0.3 is 15.4 Å². The lowest BCUT2D eigenvalue weighted by Crippen LogP contribution is -2.20. The lowest BCUT2D eigenvalue weighted by molar-refractivity contribution is -0.384. The molecular weight excluding hydrogens is 342 g/mol. The molecule has 0 atom stereocenters. The summed E-state index contributed by atoms with van der Waals surface area (Å²) >= 11 is 0. The number of rotatable bonds is 7. The van der Waals surface area contributed by atoms with Gasteiger partial charge >= 0.3 is 0 Å². The number of nitrogens with one attached hydrogen (secondary N) is 2. The van der Waals surface area contributed by atoms with Crippen molar-refractivity contribution >= 4 is 35.2 Å². The molecule has 2 aromatic rings. The highest BCUT2D eigenvalue weighted by Crippen LogP contribution is 2.22. The highest BCUT2D eigenvalue weighted by atomic mass is 16.6. The maximum atomic E-state index is 11.9. The molecule has 0 radical (unpaired) electrons. The van der Waals surface area contributed by atoms with Crippen LogP contribution in [0.25, 0.3) is 0 Å². The van der Waals surface area contributed by atoms with Gasteiger partial charge in [-0.15, -0.1) is 0 Å². The zero-order valence-electron chi connectivity index (χ0n) is 13.7. The zero-order valence-corrected chi connectivity index (χ0v) is 13.7. The first-order chi connectivity index (χ1) is 12.4. The third-order valence-corrected chi connectivity index (χ3v) is 3.18. The first-order valence-electron chi connectivity index (χ1n) is 7.43. The molecule has 2 amide bonds. The van der Waals surface area contributed by atoms with E-state index in [9.17, 15) is 24.5 Å². The third kappa shape index (κ3) is 5.13. The number of nitrogens with zero attached hydrogens (tertiary/aromatic N) is 1. The molecule has 0 aromatic heterocycles. The van der Waals surface area contributed by atoms with Crippen molar-refractivity contribution in [2.75, 3.05) is 17.2 Å². The monoisotopic (exact) mass is 357 g/mol. The summed E-state index contributed by atoms with van der Waals surface area (Å²) in [5.74, 6) is -0.612. The van der Waals surface area contributed by atoms with Crippen LogP contribution in [-0.2, 0) is 9.59 Å². The number of nitro groups is 1. The van der Waals surface area contributed by atoms with Crippen LogP contribution in [0, 0.1) is 10.1 Å². The van der Waals surface area contributed by atoms with Crippen molar-refractivity contribution in [3.63, 3.8) is 0 Å². The Balaban J connectivity index is 1.95. The normalized spacial score (nSPS) is 9.88. The van der Waals surface area contributed by atoms with Crippen molar-refractivity contribution in [2.24, 2.45) is 0 Å².